The van der Waals surface area contributed by atoms with Crippen molar-refractivity contribution in [3.05, 3.63) is 75.2 Å². The molecule has 0 unspecified atom stereocenters. The number of aromatic nitrogens is 4. The zero-order chi connectivity index (χ0) is 25.2. The Hall–Kier alpha value is -4.28. The van der Waals surface area contributed by atoms with Crippen LogP contribution >= 0.6 is 0 Å². The molecule has 1 fully saturated rings. The molecule has 2 N–H and O–H groups in total. The number of nitrogens with one attached hydrogen (secondary N) is 2. The number of nitrogens with zero attached hydrogens (tertiary/aromatic N) is 4. The Balaban J connectivity index is 1.48. The first-order valence-corrected chi connectivity index (χ1v) is 11.9. The van der Waals surface area contributed by atoms with Crippen molar-refractivity contribution in [2.24, 2.45) is 0 Å². The number of carbonyl (C=O) groups excluding carboxylic acids is 2. The molecule has 1 aliphatic rings. The summed E-state index contributed by atoms with van der Waals surface area (Å²) in [6, 6.07) is 12.4. The van der Waals surface area contributed by atoms with E-state index in [9.17, 15) is 23.6 Å². The Labute approximate surface area is 204 Å². The molecule has 0 saturated heterocycles. The molecule has 2 amide bonds. The van der Waals surface area contributed by atoms with E-state index < -0.39 is 24.0 Å². The Bertz CT molecular complexity index is 1580. The van der Waals surface area contributed by atoms with Gasteiger partial charge in [0.1, 0.15) is 12.4 Å². The van der Waals surface area contributed by atoms with Crippen LogP contribution in [0.2, 0.25) is 0 Å². The zero-order valence-corrected chi connectivity index (χ0v) is 19.4. The normalized spacial score (nSPS) is 13.9. The number of rotatable bonds is 7. The third kappa shape index (κ3) is 4.51. The van der Waals surface area contributed by atoms with Gasteiger partial charge in [-0.2, -0.15) is 0 Å². The Kier molecular flexibility index (Phi) is 6.36. The molecule has 1 aliphatic carbocycles. The van der Waals surface area contributed by atoms with Crippen LogP contribution < -0.4 is 21.9 Å². The fraction of sp³-hybridized carbons (Fsp3) is 0.320. The highest BCUT2D eigenvalue weighted by Crippen LogP contribution is 2.18. The summed E-state index contributed by atoms with van der Waals surface area (Å²) in [4.78, 5) is 51.6. The van der Waals surface area contributed by atoms with Crippen LogP contribution in [0.25, 0.3) is 16.7 Å². The number of para-hydroxylation sites is 2. The lowest BCUT2D eigenvalue weighted by atomic mass is 10.2. The average Bonchev–Trinajstić information content (AvgIpc) is 3.48. The van der Waals surface area contributed by atoms with Gasteiger partial charge in [-0.05, 0) is 37.1 Å². The second-order valence-electron chi connectivity index (χ2n) is 8.88. The van der Waals surface area contributed by atoms with E-state index in [0.717, 1.165) is 30.4 Å². The van der Waals surface area contributed by atoms with Crippen LogP contribution in [-0.2, 0) is 22.7 Å². The highest BCUT2D eigenvalue weighted by Gasteiger charge is 2.21. The highest BCUT2D eigenvalue weighted by molar-refractivity contribution is 5.90. The van der Waals surface area contributed by atoms with E-state index in [1.165, 1.54) is 27.2 Å². The number of benzene rings is 2. The van der Waals surface area contributed by atoms with Crippen molar-refractivity contribution in [3.8, 4) is 0 Å². The van der Waals surface area contributed by atoms with Crippen LogP contribution in [0.1, 0.15) is 32.1 Å². The Morgan fingerprint density at radius 2 is 1.72 bits per heavy atom. The maximum Gasteiger partial charge on any atom is 0.352 e. The molecule has 2 heterocycles. The van der Waals surface area contributed by atoms with E-state index in [2.05, 4.69) is 15.7 Å². The minimum atomic E-state index is -0.653. The SMILES string of the molecule is O=C(Cn1nc2n(CCC(=O)NC3CCCC3)c(=O)c3ccccc3n2c1=O)Nc1ccccc1F. The number of halogens is 1. The predicted octanol–water partition coefficient (Wildman–Crippen LogP) is 2.04. The number of hydrogen-bond acceptors (Lipinski definition) is 5. The minimum absolute atomic E-state index is 0.0175. The van der Waals surface area contributed by atoms with Crippen molar-refractivity contribution < 1.29 is 14.0 Å². The molecule has 0 aliphatic heterocycles. The van der Waals surface area contributed by atoms with E-state index >= 15 is 0 Å². The molecular weight excluding hydrogens is 467 g/mol. The first-order valence-electron chi connectivity index (χ1n) is 11.9. The molecule has 11 heteroatoms. The Morgan fingerprint density at radius 1 is 1.00 bits per heavy atom. The van der Waals surface area contributed by atoms with Gasteiger partial charge in [0.25, 0.3) is 5.56 Å². The number of amides is 2. The van der Waals surface area contributed by atoms with Crippen LogP contribution in [0.4, 0.5) is 10.1 Å². The van der Waals surface area contributed by atoms with Gasteiger partial charge >= 0.3 is 5.69 Å². The van der Waals surface area contributed by atoms with Crippen molar-refractivity contribution in [1.82, 2.24) is 24.1 Å². The average molecular weight is 493 g/mol. The molecule has 0 spiro atoms. The van der Waals surface area contributed by atoms with Crippen LogP contribution in [-0.4, -0.2) is 36.6 Å². The molecule has 186 valence electrons. The topological polar surface area (TPSA) is 120 Å². The summed E-state index contributed by atoms with van der Waals surface area (Å²) in [6.45, 7) is -0.469. The Morgan fingerprint density at radius 3 is 2.50 bits per heavy atom. The smallest absolute Gasteiger partial charge is 0.352 e. The van der Waals surface area contributed by atoms with Crippen molar-refractivity contribution in [3.63, 3.8) is 0 Å². The van der Waals surface area contributed by atoms with E-state index in [0.29, 0.717) is 10.9 Å². The summed E-state index contributed by atoms with van der Waals surface area (Å²) in [6.07, 6.45) is 4.10. The molecule has 2 aromatic heterocycles. The van der Waals surface area contributed by atoms with Crippen LogP contribution in [0.5, 0.6) is 0 Å². The summed E-state index contributed by atoms with van der Waals surface area (Å²) < 4.78 is 17.4. The molecule has 10 nitrogen and oxygen atoms in total. The monoisotopic (exact) mass is 492 g/mol. The molecule has 0 bridgehead atoms. The third-order valence-electron chi connectivity index (χ3n) is 6.41. The molecule has 0 atom stereocenters. The second-order valence-corrected chi connectivity index (χ2v) is 8.88. The van der Waals surface area contributed by atoms with Gasteiger partial charge in [-0.25, -0.2) is 18.3 Å². The van der Waals surface area contributed by atoms with Gasteiger partial charge in [0, 0.05) is 19.0 Å². The maximum absolute atomic E-state index is 13.9. The summed E-state index contributed by atoms with van der Waals surface area (Å²) in [7, 11) is 0. The first-order chi connectivity index (χ1) is 17.4. The summed E-state index contributed by atoms with van der Waals surface area (Å²) >= 11 is 0. The van der Waals surface area contributed by atoms with E-state index in [1.54, 1.807) is 30.3 Å². The van der Waals surface area contributed by atoms with Gasteiger partial charge < -0.3 is 10.6 Å². The lowest BCUT2D eigenvalue weighted by Gasteiger charge is -2.13. The first kappa shape index (κ1) is 23.5. The molecule has 36 heavy (non-hydrogen) atoms. The van der Waals surface area contributed by atoms with Gasteiger partial charge in [-0.1, -0.05) is 37.1 Å². The number of hydrogen-bond donors (Lipinski definition) is 2. The molecule has 2 aromatic carbocycles. The number of fused-ring (bicyclic) bond motifs is 3. The van der Waals surface area contributed by atoms with Crippen LogP contribution in [0, 0.1) is 5.82 Å². The number of aryl methyl sites for hydroxylation is 1. The van der Waals surface area contributed by atoms with Crippen LogP contribution in [0.15, 0.2) is 58.1 Å². The number of anilines is 1. The van der Waals surface area contributed by atoms with Gasteiger partial charge in [-0.15, -0.1) is 5.10 Å². The number of carbonyl (C=O) groups is 2. The molecule has 5 rings (SSSR count). The van der Waals surface area contributed by atoms with Gasteiger partial charge in [0.15, 0.2) is 0 Å². The minimum Gasteiger partial charge on any atom is -0.353 e. The van der Waals surface area contributed by atoms with Crippen LogP contribution in [0.3, 0.4) is 0 Å². The van der Waals surface area contributed by atoms with Crippen molar-refractivity contribution in [1.29, 1.82) is 0 Å². The van der Waals surface area contributed by atoms with Crippen molar-refractivity contribution in [2.45, 2.75) is 51.2 Å². The standard InChI is InChI=1S/C25H25FN6O4/c26-18-10-4-5-11-19(18)28-22(34)15-31-25(36)32-20-12-6-3-9-17(20)23(35)30(24(32)29-31)14-13-21(33)27-16-7-1-2-8-16/h3-6,9-12,16H,1-2,7-8,13-15H2,(H,27,33)(H,28,34). The fourth-order valence-corrected chi connectivity index (χ4v) is 4.64. The van der Waals surface area contributed by atoms with Crippen molar-refractivity contribution in [2.75, 3.05) is 5.32 Å². The summed E-state index contributed by atoms with van der Waals surface area (Å²) in [5.74, 6) is -1.41. The van der Waals surface area contributed by atoms with E-state index in [-0.39, 0.29) is 41.9 Å². The lowest BCUT2D eigenvalue weighted by molar-refractivity contribution is -0.122. The zero-order valence-electron chi connectivity index (χ0n) is 19.4. The molecule has 4 aromatic rings. The second kappa shape index (κ2) is 9.76. The largest absolute Gasteiger partial charge is 0.353 e. The van der Waals surface area contributed by atoms with E-state index in [4.69, 9.17) is 0 Å². The van der Waals surface area contributed by atoms with E-state index in [1.807, 2.05) is 0 Å². The quantitative estimate of drug-likeness (QED) is 0.409. The predicted molar refractivity (Wildman–Crippen MR) is 131 cm³/mol. The summed E-state index contributed by atoms with van der Waals surface area (Å²) in [5, 5.41) is 9.96. The molecular formula is C25H25FN6O4. The highest BCUT2D eigenvalue weighted by atomic mass is 19.1. The fourth-order valence-electron chi connectivity index (χ4n) is 4.64. The van der Waals surface area contributed by atoms with Crippen molar-refractivity contribution >= 4 is 34.2 Å². The maximum atomic E-state index is 13.9. The van der Waals surface area contributed by atoms with Gasteiger partial charge in [0.2, 0.25) is 17.6 Å². The van der Waals surface area contributed by atoms with Gasteiger partial charge in [-0.3, -0.25) is 19.0 Å². The van der Waals surface area contributed by atoms with Gasteiger partial charge in [0.05, 0.1) is 16.6 Å². The lowest BCUT2D eigenvalue weighted by Crippen LogP contribution is -2.34. The summed E-state index contributed by atoms with van der Waals surface area (Å²) in [5.41, 5.74) is -0.696. The molecule has 0 radical (unpaired) electrons. The third-order valence-corrected chi connectivity index (χ3v) is 6.41. The molecule has 1 saturated carbocycles.